The molecular weight excluding hydrogens is 208 g/mol. The number of benzene rings is 1. The zero-order chi connectivity index (χ0) is 10.8. The Balaban J connectivity index is 2.34. The third-order valence-corrected chi connectivity index (χ3v) is 2.83. The van der Waals surface area contributed by atoms with E-state index in [9.17, 15) is 4.79 Å². The topological polar surface area (TPSA) is 32.3 Å². The molecule has 2 rings (SSSR count). The summed E-state index contributed by atoms with van der Waals surface area (Å²) in [6.07, 6.45) is 0.513. The fourth-order valence-electron chi connectivity index (χ4n) is 1.88. The average molecular weight is 222 g/mol. The van der Waals surface area contributed by atoms with Gasteiger partial charge in [-0.1, -0.05) is 0 Å². The first-order valence-corrected chi connectivity index (χ1v) is 5.61. The quantitative estimate of drug-likeness (QED) is 0.761. The first-order valence-electron chi connectivity index (χ1n) is 4.98. The minimum atomic E-state index is 0.173. The normalized spacial score (nSPS) is 14.3. The van der Waals surface area contributed by atoms with Crippen LogP contribution in [0.25, 0.3) is 0 Å². The van der Waals surface area contributed by atoms with E-state index in [1.165, 1.54) is 0 Å². The Kier molecular flexibility index (Phi) is 2.86. The Hall–Kier alpha value is -1.16. The number of nitrogens with zero attached hydrogens (tertiary/aromatic N) is 1. The first kappa shape index (κ1) is 10.4. The van der Waals surface area contributed by atoms with Crippen LogP contribution >= 0.6 is 12.6 Å². The van der Waals surface area contributed by atoms with Crippen LogP contribution in [0.1, 0.15) is 5.56 Å². The van der Waals surface area contributed by atoms with Crippen LogP contribution in [0.3, 0.4) is 0 Å². The summed E-state index contributed by atoms with van der Waals surface area (Å²) in [5.74, 6) is 0.867. The van der Waals surface area contributed by atoms with E-state index in [0.29, 0.717) is 18.7 Å². The minimum absolute atomic E-state index is 0.173. The number of carbonyl (C=O) groups excluding carboxylic acids is 1. The summed E-state index contributed by atoms with van der Waals surface area (Å²) in [6, 6.07) is 6.02. The molecule has 3 nitrogen and oxygen atoms in total. The Labute approximate surface area is 94.9 Å². The second kappa shape index (κ2) is 4.14. The van der Waals surface area contributed by atoms with E-state index in [4.69, 9.17) is 0 Å². The van der Waals surface area contributed by atoms with Gasteiger partial charge in [-0.2, -0.15) is 12.6 Å². The molecule has 0 saturated heterocycles. The average Bonchev–Trinajstić information content (AvgIpc) is 2.55. The molecule has 0 aliphatic carbocycles. The highest BCUT2D eigenvalue weighted by atomic mass is 32.1. The van der Waals surface area contributed by atoms with Crippen molar-refractivity contribution in [2.24, 2.45) is 0 Å². The number of fused-ring (bicyclic) bond motifs is 1. The SMILES string of the molecule is CNc1ccc2c(c1)CC(=O)N2CCS. The first-order chi connectivity index (χ1) is 7.26. The maximum atomic E-state index is 11.7. The van der Waals surface area contributed by atoms with E-state index in [2.05, 4.69) is 17.9 Å². The third kappa shape index (κ3) is 1.81. The molecule has 80 valence electrons. The smallest absolute Gasteiger partial charge is 0.231 e. The van der Waals surface area contributed by atoms with Crippen molar-refractivity contribution in [2.75, 3.05) is 29.6 Å². The van der Waals surface area contributed by atoms with Crippen LogP contribution in [0.2, 0.25) is 0 Å². The lowest BCUT2D eigenvalue weighted by molar-refractivity contribution is -0.117. The fourth-order valence-corrected chi connectivity index (χ4v) is 2.08. The molecule has 0 spiro atoms. The Morgan fingerprint density at radius 1 is 1.53 bits per heavy atom. The lowest BCUT2D eigenvalue weighted by atomic mass is 10.1. The van der Waals surface area contributed by atoms with Gasteiger partial charge in [0.2, 0.25) is 5.91 Å². The molecule has 1 aromatic rings. The van der Waals surface area contributed by atoms with Gasteiger partial charge < -0.3 is 10.2 Å². The van der Waals surface area contributed by atoms with Crippen molar-refractivity contribution >= 4 is 29.9 Å². The molecular formula is C11H14N2OS. The van der Waals surface area contributed by atoms with E-state index in [0.717, 1.165) is 16.9 Å². The van der Waals surface area contributed by atoms with Gasteiger partial charge in [0.05, 0.1) is 6.42 Å². The van der Waals surface area contributed by atoms with Crippen molar-refractivity contribution in [3.8, 4) is 0 Å². The number of nitrogens with one attached hydrogen (secondary N) is 1. The molecule has 1 aliphatic heterocycles. The number of thiol groups is 1. The van der Waals surface area contributed by atoms with Gasteiger partial charge in [-0.25, -0.2) is 0 Å². The standard InChI is InChI=1S/C11H14N2OS/c1-12-9-2-3-10-8(6-9)7-11(14)13(10)4-5-15/h2-3,6,12,15H,4-5,7H2,1H3. The van der Waals surface area contributed by atoms with E-state index in [1.54, 1.807) is 0 Å². The molecule has 0 fully saturated rings. The molecule has 0 radical (unpaired) electrons. The van der Waals surface area contributed by atoms with Gasteiger partial charge in [-0.15, -0.1) is 0 Å². The van der Waals surface area contributed by atoms with E-state index in [1.807, 2.05) is 30.1 Å². The van der Waals surface area contributed by atoms with Crippen LogP contribution in [0.15, 0.2) is 18.2 Å². The summed E-state index contributed by atoms with van der Waals surface area (Å²) in [7, 11) is 1.88. The number of hydrogen-bond acceptors (Lipinski definition) is 3. The summed E-state index contributed by atoms with van der Waals surface area (Å²) in [6.45, 7) is 0.688. The van der Waals surface area contributed by atoms with E-state index < -0.39 is 0 Å². The van der Waals surface area contributed by atoms with Crippen LogP contribution in [-0.4, -0.2) is 25.3 Å². The number of anilines is 2. The van der Waals surface area contributed by atoms with Crippen molar-refractivity contribution in [2.45, 2.75) is 6.42 Å². The van der Waals surface area contributed by atoms with E-state index in [-0.39, 0.29) is 5.91 Å². The summed E-state index contributed by atoms with van der Waals surface area (Å²) in [5, 5.41) is 3.07. The lowest BCUT2D eigenvalue weighted by Crippen LogP contribution is -2.28. The monoisotopic (exact) mass is 222 g/mol. The molecule has 15 heavy (non-hydrogen) atoms. The van der Waals surface area contributed by atoms with Crippen LogP contribution in [0.4, 0.5) is 11.4 Å². The van der Waals surface area contributed by atoms with Crippen molar-refractivity contribution < 1.29 is 4.79 Å². The summed E-state index contributed by atoms with van der Waals surface area (Å²) < 4.78 is 0. The second-order valence-corrected chi connectivity index (χ2v) is 3.99. The largest absolute Gasteiger partial charge is 0.388 e. The van der Waals surface area contributed by atoms with Crippen LogP contribution in [-0.2, 0) is 11.2 Å². The van der Waals surface area contributed by atoms with Crippen LogP contribution in [0, 0.1) is 0 Å². The van der Waals surface area contributed by atoms with Crippen molar-refractivity contribution in [3.05, 3.63) is 23.8 Å². The van der Waals surface area contributed by atoms with Crippen molar-refractivity contribution in [1.29, 1.82) is 0 Å². The molecule has 1 heterocycles. The summed E-state index contributed by atoms with van der Waals surface area (Å²) in [4.78, 5) is 13.5. The van der Waals surface area contributed by atoms with Gasteiger partial charge in [-0.3, -0.25) is 4.79 Å². The molecule has 4 heteroatoms. The zero-order valence-electron chi connectivity index (χ0n) is 8.66. The van der Waals surface area contributed by atoms with Crippen LogP contribution in [0.5, 0.6) is 0 Å². The molecule has 1 aromatic carbocycles. The number of hydrogen-bond donors (Lipinski definition) is 2. The van der Waals surface area contributed by atoms with Crippen molar-refractivity contribution in [1.82, 2.24) is 0 Å². The van der Waals surface area contributed by atoms with Gasteiger partial charge >= 0.3 is 0 Å². The second-order valence-electron chi connectivity index (χ2n) is 3.54. The van der Waals surface area contributed by atoms with Gasteiger partial charge in [0.15, 0.2) is 0 Å². The molecule has 0 bridgehead atoms. The molecule has 1 amide bonds. The lowest BCUT2D eigenvalue weighted by Gasteiger charge is -2.16. The highest BCUT2D eigenvalue weighted by molar-refractivity contribution is 7.80. The Morgan fingerprint density at radius 2 is 2.33 bits per heavy atom. The number of carbonyl (C=O) groups is 1. The summed E-state index contributed by atoms with van der Waals surface area (Å²) >= 11 is 4.16. The highest BCUT2D eigenvalue weighted by Crippen LogP contribution is 2.30. The predicted molar refractivity (Wildman–Crippen MR) is 65.9 cm³/mol. The van der Waals surface area contributed by atoms with E-state index >= 15 is 0 Å². The molecule has 1 N–H and O–H groups in total. The van der Waals surface area contributed by atoms with Gasteiger partial charge in [0, 0.05) is 30.7 Å². The maximum Gasteiger partial charge on any atom is 0.231 e. The maximum absolute atomic E-state index is 11.7. The zero-order valence-corrected chi connectivity index (χ0v) is 9.55. The van der Waals surface area contributed by atoms with Gasteiger partial charge in [0.1, 0.15) is 0 Å². The molecule has 0 atom stereocenters. The minimum Gasteiger partial charge on any atom is -0.388 e. The molecule has 0 aromatic heterocycles. The predicted octanol–water partition coefficient (Wildman–Crippen LogP) is 1.55. The Morgan fingerprint density at radius 3 is 3.00 bits per heavy atom. The van der Waals surface area contributed by atoms with Crippen LogP contribution < -0.4 is 10.2 Å². The number of amides is 1. The van der Waals surface area contributed by atoms with Gasteiger partial charge in [-0.05, 0) is 23.8 Å². The molecule has 0 unspecified atom stereocenters. The molecule has 1 aliphatic rings. The van der Waals surface area contributed by atoms with Gasteiger partial charge in [0.25, 0.3) is 0 Å². The van der Waals surface area contributed by atoms with Crippen molar-refractivity contribution in [3.63, 3.8) is 0 Å². The third-order valence-electron chi connectivity index (χ3n) is 2.63. The Bertz CT molecular complexity index is 392. The summed E-state index contributed by atoms with van der Waals surface area (Å²) in [5.41, 5.74) is 3.19. The highest BCUT2D eigenvalue weighted by Gasteiger charge is 2.26. The molecule has 0 saturated carbocycles. The fraction of sp³-hybridized carbons (Fsp3) is 0.364. The number of rotatable bonds is 3.